The number of nitrogens with zero attached hydrogens (tertiary/aromatic N) is 1. The molecular weight excluding hydrogens is 217 g/mol. The van der Waals surface area contributed by atoms with Crippen LogP contribution in [-0.4, -0.2) is 36.0 Å². The molecule has 0 fully saturated rings. The van der Waals surface area contributed by atoms with E-state index in [1.807, 2.05) is 0 Å². The summed E-state index contributed by atoms with van der Waals surface area (Å²) < 4.78 is 41.5. The summed E-state index contributed by atoms with van der Waals surface area (Å²) >= 11 is 1.07. The highest BCUT2D eigenvalue weighted by Crippen LogP contribution is 2.25. The highest BCUT2D eigenvalue weighted by Gasteiger charge is 2.13. The summed E-state index contributed by atoms with van der Waals surface area (Å²) in [5, 5.41) is -0.258. The van der Waals surface area contributed by atoms with Crippen LogP contribution in [0, 0.1) is 0 Å². The smallest absolute Gasteiger partial charge is 0.264 e. The maximum atomic E-state index is 12.4. The Hall–Kier alpha value is -0.270. The van der Waals surface area contributed by atoms with Crippen LogP contribution in [0.25, 0.3) is 0 Å². The average Bonchev–Trinajstić information content (AvgIpc) is 2.33. The van der Waals surface area contributed by atoms with Crippen molar-refractivity contribution >= 4 is 21.9 Å². The van der Waals surface area contributed by atoms with E-state index in [1.54, 1.807) is 4.90 Å². The van der Waals surface area contributed by atoms with Gasteiger partial charge in [-0.15, -0.1) is 0 Å². The lowest BCUT2D eigenvalue weighted by Gasteiger charge is -2.12. The highest BCUT2D eigenvalue weighted by atomic mass is 32.2. The Morgan fingerprint density at radius 1 is 1.69 bits per heavy atom. The van der Waals surface area contributed by atoms with Gasteiger partial charge in [-0.05, 0) is 6.42 Å². The molecule has 7 heteroatoms. The molecule has 1 heterocycles. The van der Waals surface area contributed by atoms with Crippen molar-refractivity contribution in [2.45, 2.75) is 6.42 Å². The summed E-state index contributed by atoms with van der Waals surface area (Å²) in [4.78, 5) is 1.67. The van der Waals surface area contributed by atoms with E-state index in [0.717, 1.165) is 11.8 Å². The first kappa shape index (κ1) is 10.8. The Morgan fingerprint density at radius 2 is 2.38 bits per heavy atom. The lowest BCUT2D eigenvalue weighted by molar-refractivity contribution is 0.430. The molecule has 13 heavy (non-hydrogen) atoms. The standard InChI is InChI=1S/C6H10FNO3S2/c7-6-4-8(5-12-6)2-1-3-13(9,10)11/h4H,1-3,5H2,(H,9,10,11). The Bertz CT molecular complexity index is 301. The van der Waals surface area contributed by atoms with Crippen molar-refractivity contribution in [1.29, 1.82) is 0 Å². The van der Waals surface area contributed by atoms with E-state index in [4.69, 9.17) is 4.55 Å². The van der Waals surface area contributed by atoms with Crippen LogP contribution in [0.5, 0.6) is 0 Å². The van der Waals surface area contributed by atoms with Gasteiger partial charge in [0, 0.05) is 12.7 Å². The molecule has 1 N–H and O–H groups in total. The first-order valence-electron chi connectivity index (χ1n) is 3.67. The summed E-state index contributed by atoms with van der Waals surface area (Å²) in [5.41, 5.74) is 0. The zero-order valence-electron chi connectivity index (χ0n) is 6.81. The van der Waals surface area contributed by atoms with Gasteiger partial charge < -0.3 is 4.90 Å². The molecular formula is C6H10FNO3S2. The quantitative estimate of drug-likeness (QED) is 0.727. The third kappa shape index (κ3) is 4.49. The van der Waals surface area contributed by atoms with Crippen molar-refractivity contribution in [2.75, 3.05) is 18.2 Å². The van der Waals surface area contributed by atoms with Crippen LogP contribution in [0.1, 0.15) is 6.42 Å². The lowest BCUT2D eigenvalue weighted by Crippen LogP contribution is -2.17. The minimum Gasteiger partial charge on any atom is -0.365 e. The van der Waals surface area contributed by atoms with Gasteiger partial charge in [-0.2, -0.15) is 12.8 Å². The Balaban J connectivity index is 2.21. The van der Waals surface area contributed by atoms with Crippen molar-refractivity contribution < 1.29 is 17.4 Å². The van der Waals surface area contributed by atoms with Gasteiger partial charge in [0.15, 0.2) is 5.16 Å². The SMILES string of the molecule is O=S(=O)(O)CCCN1C=C(F)SC1. The molecule has 1 aliphatic heterocycles. The fraction of sp³-hybridized carbons (Fsp3) is 0.667. The van der Waals surface area contributed by atoms with Gasteiger partial charge in [0.1, 0.15) is 0 Å². The molecule has 0 aromatic heterocycles. The second-order valence-corrected chi connectivity index (χ2v) is 5.17. The second-order valence-electron chi connectivity index (χ2n) is 2.66. The van der Waals surface area contributed by atoms with Crippen LogP contribution in [0.2, 0.25) is 0 Å². The van der Waals surface area contributed by atoms with Gasteiger partial charge in [0.25, 0.3) is 10.1 Å². The number of thioether (sulfide) groups is 1. The van der Waals surface area contributed by atoms with E-state index in [1.165, 1.54) is 6.20 Å². The Kier molecular flexibility index (Phi) is 3.57. The third-order valence-corrected chi connectivity index (χ3v) is 3.15. The molecule has 0 aliphatic carbocycles. The highest BCUT2D eigenvalue weighted by molar-refractivity contribution is 8.03. The predicted octanol–water partition coefficient (Wildman–Crippen LogP) is 1.04. The molecule has 1 rings (SSSR count). The molecule has 0 unspecified atom stereocenters. The van der Waals surface area contributed by atoms with E-state index in [0.29, 0.717) is 18.8 Å². The van der Waals surface area contributed by atoms with E-state index < -0.39 is 10.1 Å². The second kappa shape index (κ2) is 4.30. The third-order valence-electron chi connectivity index (χ3n) is 1.50. The topological polar surface area (TPSA) is 57.6 Å². The van der Waals surface area contributed by atoms with Gasteiger partial charge in [-0.25, -0.2) is 0 Å². The fourth-order valence-electron chi connectivity index (χ4n) is 0.942. The largest absolute Gasteiger partial charge is 0.365 e. The summed E-state index contributed by atoms with van der Waals surface area (Å²) in [7, 11) is -3.88. The molecule has 0 amide bonds. The van der Waals surface area contributed by atoms with Gasteiger partial charge in [-0.3, -0.25) is 4.55 Å². The molecule has 0 aromatic rings. The van der Waals surface area contributed by atoms with Crippen LogP contribution in [0.15, 0.2) is 11.4 Å². The van der Waals surface area contributed by atoms with Crippen molar-refractivity contribution in [3.05, 3.63) is 11.4 Å². The van der Waals surface area contributed by atoms with E-state index in [2.05, 4.69) is 0 Å². The molecule has 0 atom stereocenters. The number of halogens is 1. The van der Waals surface area contributed by atoms with E-state index >= 15 is 0 Å². The molecule has 76 valence electrons. The normalized spacial score (nSPS) is 17.7. The van der Waals surface area contributed by atoms with E-state index in [9.17, 15) is 12.8 Å². The molecule has 0 bridgehead atoms. The average molecular weight is 227 g/mol. The molecule has 0 radical (unpaired) electrons. The van der Waals surface area contributed by atoms with Gasteiger partial charge in [0.05, 0.1) is 11.6 Å². The van der Waals surface area contributed by atoms with Crippen molar-refractivity contribution in [3.8, 4) is 0 Å². The molecule has 0 aromatic carbocycles. The van der Waals surface area contributed by atoms with Crippen molar-refractivity contribution in [1.82, 2.24) is 4.90 Å². The minimum atomic E-state index is -3.88. The maximum absolute atomic E-state index is 12.4. The molecule has 4 nitrogen and oxygen atoms in total. The van der Waals surface area contributed by atoms with Gasteiger partial charge in [0.2, 0.25) is 0 Å². The monoisotopic (exact) mass is 227 g/mol. The summed E-state index contributed by atoms with van der Waals surface area (Å²) in [6.07, 6.45) is 1.65. The Labute approximate surface area is 80.5 Å². The number of hydrogen-bond acceptors (Lipinski definition) is 4. The van der Waals surface area contributed by atoms with Crippen LogP contribution in [0.4, 0.5) is 4.39 Å². The summed E-state index contributed by atoms with van der Waals surface area (Å²) in [5.74, 6) is 0.237. The zero-order chi connectivity index (χ0) is 9.90. The fourth-order valence-corrected chi connectivity index (χ4v) is 2.15. The Morgan fingerprint density at radius 3 is 2.85 bits per heavy atom. The number of hydrogen-bond donors (Lipinski definition) is 1. The molecule has 0 saturated carbocycles. The lowest BCUT2D eigenvalue weighted by atomic mass is 10.4. The first-order valence-corrected chi connectivity index (χ1v) is 6.26. The zero-order valence-corrected chi connectivity index (χ0v) is 8.44. The van der Waals surface area contributed by atoms with Crippen LogP contribution < -0.4 is 0 Å². The predicted molar refractivity (Wildman–Crippen MR) is 49.4 cm³/mol. The summed E-state index contributed by atoms with van der Waals surface area (Å²) in [6, 6.07) is 0. The maximum Gasteiger partial charge on any atom is 0.264 e. The van der Waals surface area contributed by atoms with Gasteiger partial charge in [-0.1, -0.05) is 11.8 Å². The van der Waals surface area contributed by atoms with Gasteiger partial charge >= 0.3 is 0 Å². The van der Waals surface area contributed by atoms with E-state index in [-0.39, 0.29) is 10.9 Å². The van der Waals surface area contributed by atoms with Crippen LogP contribution in [-0.2, 0) is 10.1 Å². The van der Waals surface area contributed by atoms with Crippen molar-refractivity contribution in [3.63, 3.8) is 0 Å². The molecule has 0 saturated heterocycles. The van der Waals surface area contributed by atoms with Crippen LogP contribution in [0.3, 0.4) is 0 Å². The van der Waals surface area contributed by atoms with Crippen LogP contribution >= 0.6 is 11.8 Å². The summed E-state index contributed by atoms with van der Waals surface area (Å²) in [6.45, 7) is 0.445. The molecule has 0 spiro atoms. The molecule has 1 aliphatic rings. The first-order chi connectivity index (χ1) is 5.97. The number of rotatable bonds is 4. The van der Waals surface area contributed by atoms with Crippen molar-refractivity contribution in [2.24, 2.45) is 0 Å². The minimum absolute atomic E-state index is 0.258.